The van der Waals surface area contributed by atoms with Crippen LogP contribution in [0.3, 0.4) is 0 Å². The average molecular weight is 1730 g/mol. The number of rotatable bonds is 15. The highest BCUT2D eigenvalue weighted by Gasteiger charge is 2.71. The van der Waals surface area contributed by atoms with Crippen LogP contribution >= 0.6 is 0 Å². The maximum atomic E-state index is 4.20. The van der Waals surface area contributed by atoms with Crippen molar-refractivity contribution in [2.45, 2.75) is 597 Å². The minimum Gasteiger partial charge on any atom is -0.295 e. The smallest absolute Gasteiger partial charge is 0.156 e. The molecule has 3 saturated heterocycles. The topological polar surface area (TPSA) is 13.0 Å². The summed E-state index contributed by atoms with van der Waals surface area (Å²) in [5.41, 5.74) is 0. The van der Waals surface area contributed by atoms with E-state index < -0.39 is 0 Å². The summed E-state index contributed by atoms with van der Waals surface area (Å²) in [6.45, 7) is 0.976. The molecule has 0 amide bonds. The molecule has 3 aliphatic heterocycles. The lowest BCUT2D eigenvalue weighted by Crippen LogP contribution is -2.78. The number of hydrogen-bond donors (Lipinski definition) is 0. The minimum atomic E-state index is 0.782. The molecular weight excluding hydrogens is 1530 g/mol. The maximum Gasteiger partial charge on any atom is 0.156 e. The van der Waals surface area contributed by atoms with Crippen LogP contribution in [0, 0.1) is 166 Å². The second kappa shape index (κ2) is 39.5. The van der Waals surface area contributed by atoms with Crippen LogP contribution in [-0.4, -0.2) is 98.8 Å². The highest BCUT2D eigenvalue weighted by Crippen LogP contribution is 2.72. The van der Waals surface area contributed by atoms with E-state index in [0.717, 1.165) is 262 Å². The summed E-state index contributed by atoms with van der Waals surface area (Å²) in [4.78, 5) is 15.9. The Labute approximate surface area is 784 Å². The van der Waals surface area contributed by atoms with E-state index in [-0.39, 0.29) is 0 Å². The van der Waals surface area contributed by atoms with Gasteiger partial charge in [-0.3, -0.25) is 19.6 Å². The summed E-state index contributed by atoms with van der Waals surface area (Å²) < 4.78 is 0. The van der Waals surface area contributed by atoms with Gasteiger partial charge in [0.2, 0.25) is 0 Å². The van der Waals surface area contributed by atoms with E-state index in [2.05, 4.69) is 19.6 Å². The van der Waals surface area contributed by atoms with Gasteiger partial charge < -0.3 is 0 Å². The van der Waals surface area contributed by atoms with Crippen LogP contribution in [0.1, 0.15) is 507 Å². The molecule has 22 saturated carbocycles. The normalized spacial score (nSPS) is 49.9. The fraction of sp³-hybridized carbons (Fsp3) is 1.00. The minimum absolute atomic E-state index is 0.782. The van der Waals surface area contributed by atoms with Crippen molar-refractivity contribution in [3.8, 4) is 0 Å². The molecule has 712 valence electrons. The zero-order chi connectivity index (χ0) is 83.6. The van der Waals surface area contributed by atoms with Gasteiger partial charge in [0.15, 0.2) is 6.71 Å². The lowest BCUT2D eigenvalue weighted by molar-refractivity contribution is -0.157. The largest absolute Gasteiger partial charge is 0.295 e. The van der Waals surface area contributed by atoms with Crippen molar-refractivity contribution >= 4 is 6.71 Å². The molecule has 0 N–H and O–H groups in total. The Hall–Kier alpha value is -0.0951. The predicted molar refractivity (Wildman–Crippen MR) is 532 cm³/mol. The van der Waals surface area contributed by atoms with E-state index in [1.807, 2.05) is 0 Å². The molecule has 0 radical (unpaired) electrons. The van der Waals surface area contributed by atoms with Gasteiger partial charge in [0, 0.05) is 72.5 Å². The Kier molecular flexibility index (Phi) is 27.5. The lowest BCUT2D eigenvalue weighted by atomic mass is 9.18. The van der Waals surface area contributed by atoms with E-state index in [1.165, 1.54) is 12.8 Å². The summed E-state index contributed by atoms with van der Waals surface area (Å²) in [6, 6.07) is 10.2. The Balaban J connectivity index is 0.685. The highest BCUT2D eigenvalue weighted by atomic mass is 15.3. The SMILES string of the molecule is C1CCC(C2CCC(N(C3CCC(C4CCCCC4)CC3)C3CC4C5B(C6CCC(C7CC8CCCC9C%10CCCC%11CCCC(C(C7)C89)C%11%10)CC6N4C4C(C6CCCCC6)CC(C6CCCCC6)CC4C4CCCCC4)C4CCC(N6C7CCCCC7C7CCCCC76)CC4N(C4C(C6CCCCC6)CC(C6CCCCC6)CC4C4CCCCC4)C5C3)CC2)CC1. The van der Waals surface area contributed by atoms with Crippen molar-refractivity contribution in [3.05, 3.63) is 0 Å². The first-order valence-electron chi connectivity index (χ1n) is 62.1. The lowest BCUT2D eigenvalue weighted by Gasteiger charge is -2.73. The Morgan fingerprint density at radius 2 is 0.465 bits per heavy atom. The van der Waals surface area contributed by atoms with Crippen LogP contribution < -0.4 is 0 Å². The molecule has 0 aromatic heterocycles. The van der Waals surface area contributed by atoms with Crippen LogP contribution in [0.4, 0.5) is 0 Å². The third-order valence-corrected chi connectivity index (χ3v) is 51.1. The third kappa shape index (κ3) is 16.9. The zero-order valence-corrected chi connectivity index (χ0v) is 83.1. The quantitative estimate of drug-likeness (QED) is 0.152. The van der Waals surface area contributed by atoms with E-state index in [1.54, 1.807) is 494 Å². The van der Waals surface area contributed by atoms with E-state index >= 15 is 0 Å². The van der Waals surface area contributed by atoms with Gasteiger partial charge in [-0.1, -0.05) is 340 Å². The summed E-state index contributed by atoms with van der Waals surface area (Å²) in [5.74, 6) is 31.8. The molecule has 25 rings (SSSR count). The fourth-order valence-electron chi connectivity index (χ4n) is 46.7. The standard InChI is InChI=1S/C122H201BN4/c1-9-32-80(33-10-1)84-58-63-96(64-59-84)124(97-65-60-85(61-66-97)81-34-11-2-12-35-81)99-78-116-120-117(79-99)127(122-107(88-44-21-7-22-45-88)73-95(83-38-15-4-16-39-83)74-108(122)89-46-23-8-24-47-89)115-77-98(125-112-56-27-25-51-100(112)101-52-26-28-57-113(101)125)67-69-111(115)123(120)110-68-62-91(93-70-92-50-31-54-103-102-53-29-48-90-49-30-55-104(118(90)102)109(75-93)119(92)103)76-114(110)126(116)121-105(86-40-17-5-18-41-86)71-94(82-36-13-3-14-37-82)72-106(121)87-42-19-6-20-43-87/h80-122H,1-79H2. The fourth-order valence-corrected chi connectivity index (χ4v) is 46.7. The monoisotopic (exact) mass is 1730 g/mol. The van der Waals surface area contributed by atoms with E-state index in [9.17, 15) is 0 Å². The molecule has 0 spiro atoms. The van der Waals surface area contributed by atoms with Gasteiger partial charge in [0.1, 0.15) is 0 Å². The number of hydrogen-bond acceptors (Lipinski definition) is 4. The molecule has 5 heteroatoms. The van der Waals surface area contributed by atoms with Crippen LogP contribution in [0.15, 0.2) is 0 Å². The summed E-state index contributed by atoms with van der Waals surface area (Å²) >= 11 is 0. The van der Waals surface area contributed by atoms with Gasteiger partial charge in [-0.15, -0.1) is 0 Å². The highest BCUT2D eigenvalue weighted by molar-refractivity contribution is 6.65. The van der Waals surface area contributed by atoms with Crippen LogP contribution in [0.5, 0.6) is 0 Å². The predicted octanol–water partition coefficient (Wildman–Crippen LogP) is 32.6. The molecule has 25 fully saturated rings. The van der Waals surface area contributed by atoms with Crippen molar-refractivity contribution in [1.82, 2.24) is 19.6 Å². The number of likely N-dealkylation sites (tertiary alicyclic amines) is 1. The van der Waals surface area contributed by atoms with Crippen molar-refractivity contribution in [3.63, 3.8) is 0 Å². The Morgan fingerprint density at radius 3 is 0.890 bits per heavy atom. The molecule has 25 aliphatic rings. The van der Waals surface area contributed by atoms with Gasteiger partial charge in [0.25, 0.3) is 0 Å². The van der Waals surface area contributed by atoms with Crippen molar-refractivity contribution in [2.75, 3.05) is 0 Å². The molecule has 0 bridgehead atoms. The molecular formula is C122H201BN4. The molecule has 27 atom stereocenters. The molecule has 0 aromatic carbocycles. The Bertz CT molecular complexity index is 3330. The van der Waals surface area contributed by atoms with Gasteiger partial charge in [-0.2, -0.15) is 0 Å². The zero-order valence-electron chi connectivity index (χ0n) is 83.1. The number of nitrogens with zero attached hydrogens (tertiary/aromatic N) is 4. The van der Waals surface area contributed by atoms with Crippen LogP contribution in [0.2, 0.25) is 17.5 Å². The third-order valence-electron chi connectivity index (χ3n) is 51.1. The molecule has 27 unspecified atom stereocenters. The second-order valence-corrected chi connectivity index (χ2v) is 55.5. The van der Waals surface area contributed by atoms with Gasteiger partial charge in [-0.25, -0.2) is 0 Å². The van der Waals surface area contributed by atoms with Crippen molar-refractivity contribution < 1.29 is 0 Å². The molecule has 22 aliphatic carbocycles. The summed E-state index contributed by atoms with van der Waals surface area (Å²) in [7, 11) is 0. The second-order valence-electron chi connectivity index (χ2n) is 55.5. The first-order valence-corrected chi connectivity index (χ1v) is 62.1. The van der Waals surface area contributed by atoms with Crippen molar-refractivity contribution in [2.24, 2.45) is 166 Å². The molecule has 3 heterocycles. The van der Waals surface area contributed by atoms with Gasteiger partial charge >= 0.3 is 0 Å². The van der Waals surface area contributed by atoms with E-state index in [4.69, 9.17) is 0 Å². The maximum absolute atomic E-state index is 4.20. The van der Waals surface area contributed by atoms with Gasteiger partial charge in [-0.05, 0) is 350 Å². The summed E-state index contributed by atoms with van der Waals surface area (Å²) in [6.07, 6.45) is 126. The summed E-state index contributed by atoms with van der Waals surface area (Å²) in [5, 5.41) is 0. The molecule has 127 heavy (non-hydrogen) atoms. The average Bonchev–Trinajstić information content (AvgIpc) is 0.943. The first kappa shape index (κ1) is 88.3. The molecule has 4 nitrogen and oxygen atoms in total. The first-order chi connectivity index (χ1) is 63.0. The van der Waals surface area contributed by atoms with E-state index in [0.29, 0.717) is 0 Å². The molecule has 0 aromatic rings. The van der Waals surface area contributed by atoms with Crippen LogP contribution in [-0.2, 0) is 0 Å². The van der Waals surface area contributed by atoms with Crippen LogP contribution in [0.25, 0.3) is 0 Å². The van der Waals surface area contributed by atoms with Gasteiger partial charge in [0.05, 0.1) is 0 Å². The van der Waals surface area contributed by atoms with Crippen molar-refractivity contribution in [1.29, 1.82) is 0 Å². The Morgan fingerprint density at radius 1 is 0.157 bits per heavy atom. The number of fused-ring (bicyclic) bond motifs is 9.